The summed E-state index contributed by atoms with van der Waals surface area (Å²) in [6, 6.07) is 6.14. The van der Waals surface area contributed by atoms with Gasteiger partial charge in [0.1, 0.15) is 0 Å². The molecule has 1 N–H and O–H groups in total. The van der Waals surface area contributed by atoms with Crippen molar-refractivity contribution in [3.63, 3.8) is 0 Å². The molecule has 5 nitrogen and oxygen atoms in total. The Labute approximate surface area is 133 Å². The van der Waals surface area contributed by atoms with Crippen LogP contribution >= 0.6 is 0 Å². The molecule has 0 aliphatic rings. The predicted octanol–water partition coefficient (Wildman–Crippen LogP) is 2.64. The van der Waals surface area contributed by atoms with E-state index in [1.165, 1.54) is 26.2 Å². The maximum atomic E-state index is 12.1. The molecule has 0 radical (unpaired) electrons. The highest BCUT2D eigenvalue weighted by molar-refractivity contribution is 7.89. The van der Waals surface area contributed by atoms with Gasteiger partial charge in [-0.05, 0) is 37.6 Å². The van der Waals surface area contributed by atoms with Crippen molar-refractivity contribution < 1.29 is 13.2 Å². The standard InChI is InChI=1S/C16H26N2O3S/c1-5-6-7-8-13(2)17-16(19)14-9-11-15(12-10-14)22(20,21)18(3)4/h9-13H,5-8H2,1-4H3,(H,17,19). The van der Waals surface area contributed by atoms with Gasteiger partial charge in [0.2, 0.25) is 10.0 Å². The van der Waals surface area contributed by atoms with Crippen molar-refractivity contribution >= 4 is 15.9 Å². The van der Waals surface area contributed by atoms with Gasteiger partial charge in [0.15, 0.2) is 0 Å². The number of amides is 1. The second-order valence-corrected chi connectivity index (χ2v) is 7.83. The third kappa shape index (κ3) is 5.10. The molecule has 1 amide bonds. The maximum Gasteiger partial charge on any atom is 0.251 e. The number of hydrogen-bond acceptors (Lipinski definition) is 3. The van der Waals surface area contributed by atoms with E-state index in [1.807, 2.05) is 6.92 Å². The van der Waals surface area contributed by atoms with Crippen LogP contribution in [0.4, 0.5) is 0 Å². The first-order valence-electron chi connectivity index (χ1n) is 7.62. The lowest BCUT2D eigenvalue weighted by Gasteiger charge is -2.14. The Kier molecular flexibility index (Phi) is 7.03. The summed E-state index contributed by atoms with van der Waals surface area (Å²) in [5.74, 6) is -0.169. The molecule has 124 valence electrons. The van der Waals surface area contributed by atoms with Crippen LogP contribution in [0.15, 0.2) is 29.2 Å². The number of benzene rings is 1. The Morgan fingerprint density at radius 2 is 1.77 bits per heavy atom. The summed E-state index contributed by atoms with van der Waals surface area (Å²) in [6.07, 6.45) is 4.37. The van der Waals surface area contributed by atoms with Crippen molar-refractivity contribution in [1.29, 1.82) is 0 Å². The van der Waals surface area contributed by atoms with Gasteiger partial charge in [-0.2, -0.15) is 0 Å². The molecule has 0 aliphatic heterocycles. The molecule has 0 aromatic heterocycles. The van der Waals surface area contributed by atoms with Crippen LogP contribution in [0.1, 0.15) is 49.9 Å². The van der Waals surface area contributed by atoms with Gasteiger partial charge in [-0.15, -0.1) is 0 Å². The smallest absolute Gasteiger partial charge is 0.251 e. The fraction of sp³-hybridized carbons (Fsp3) is 0.562. The van der Waals surface area contributed by atoms with Crippen LogP contribution in [0.2, 0.25) is 0 Å². The number of carbonyl (C=O) groups is 1. The van der Waals surface area contributed by atoms with E-state index in [0.717, 1.165) is 30.0 Å². The summed E-state index contributed by atoms with van der Waals surface area (Å²) >= 11 is 0. The molecule has 0 aliphatic carbocycles. The lowest BCUT2D eigenvalue weighted by Crippen LogP contribution is -2.32. The van der Waals surface area contributed by atoms with Crippen LogP contribution in [-0.4, -0.2) is 38.8 Å². The zero-order valence-corrected chi connectivity index (χ0v) is 14.6. The average molecular weight is 326 g/mol. The van der Waals surface area contributed by atoms with E-state index in [9.17, 15) is 13.2 Å². The van der Waals surface area contributed by atoms with Gasteiger partial charge in [-0.1, -0.05) is 26.2 Å². The molecule has 1 aromatic rings. The first-order valence-corrected chi connectivity index (χ1v) is 9.06. The number of sulfonamides is 1. The van der Waals surface area contributed by atoms with Crippen LogP contribution in [-0.2, 0) is 10.0 Å². The molecule has 0 bridgehead atoms. The Balaban J connectivity index is 2.69. The highest BCUT2D eigenvalue weighted by Crippen LogP contribution is 2.14. The van der Waals surface area contributed by atoms with E-state index in [-0.39, 0.29) is 16.8 Å². The molecule has 0 spiro atoms. The van der Waals surface area contributed by atoms with E-state index in [4.69, 9.17) is 0 Å². The summed E-state index contributed by atoms with van der Waals surface area (Å²) in [4.78, 5) is 12.3. The molecular weight excluding hydrogens is 300 g/mol. The molecule has 1 aromatic carbocycles. The van der Waals surface area contributed by atoms with Crippen LogP contribution in [0, 0.1) is 0 Å². The zero-order chi connectivity index (χ0) is 16.8. The van der Waals surface area contributed by atoms with Gasteiger partial charge in [-0.3, -0.25) is 4.79 Å². The number of unbranched alkanes of at least 4 members (excludes halogenated alkanes) is 2. The summed E-state index contributed by atoms with van der Waals surface area (Å²) in [5, 5.41) is 2.94. The minimum absolute atomic E-state index is 0.115. The largest absolute Gasteiger partial charge is 0.350 e. The minimum Gasteiger partial charge on any atom is -0.350 e. The van der Waals surface area contributed by atoms with Gasteiger partial charge in [0.05, 0.1) is 4.90 Å². The van der Waals surface area contributed by atoms with Crippen molar-refractivity contribution in [2.24, 2.45) is 0 Å². The monoisotopic (exact) mass is 326 g/mol. The fourth-order valence-electron chi connectivity index (χ4n) is 2.07. The second-order valence-electron chi connectivity index (χ2n) is 5.68. The summed E-state index contributed by atoms with van der Waals surface area (Å²) in [5.41, 5.74) is 0.472. The lowest BCUT2D eigenvalue weighted by molar-refractivity contribution is 0.0938. The Morgan fingerprint density at radius 3 is 2.27 bits per heavy atom. The minimum atomic E-state index is -3.46. The predicted molar refractivity (Wildman–Crippen MR) is 88.4 cm³/mol. The molecule has 0 saturated heterocycles. The van der Waals surface area contributed by atoms with E-state index in [1.54, 1.807) is 12.1 Å². The second kappa shape index (κ2) is 8.29. The summed E-state index contributed by atoms with van der Waals surface area (Å²) in [7, 11) is -0.496. The van der Waals surface area contributed by atoms with E-state index in [0.29, 0.717) is 5.56 Å². The maximum absolute atomic E-state index is 12.1. The molecule has 6 heteroatoms. The molecule has 0 heterocycles. The number of nitrogens with one attached hydrogen (secondary N) is 1. The van der Waals surface area contributed by atoms with Crippen LogP contribution < -0.4 is 5.32 Å². The number of hydrogen-bond donors (Lipinski definition) is 1. The number of nitrogens with zero attached hydrogens (tertiary/aromatic N) is 1. The normalized spacial score (nSPS) is 13.1. The summed E-state index contributed by atoms with van der Waals surface area (Å²) in [6.45, 7) is 4.13. The average Bonchev–Trinajstić information content (AvgIpc) is 2.47. The fourth-order valence-corrected chi connectivity index (χ4v) is 2.97. The SMILES string of the molecule is CCCCCC(C)NC(=O)c1ccc(S(=O)(=O)N(C)C)cc1. The van der Waals surface area contributed by atoms with Crippen LogP contribution in [0.25, 0.3) is 0 Å². The highest BCUT2D eigenvalue weighted by atomic mass is 32.2. The third-order valence-electron chi connectivity index (χ3n) is 3.51. The van der Waals surface area contributed by atoms with Crippen molar-refractivity contribution in [2.75, 3.05) is 14.1 Å². The molecular formula is C16H26N2O3S. The van der Waals surface area contributed by atoms with Crippen molar-refractivity contribution in [2.45, 2.75) is 50.5 Å². The molecule has 1 rings (SSSR count). The van der Waals surface area contributed by atoms with Gasteiger partial charge in [0.25, 0.3) is 5.91 Å². The number of rotatable bonds is 8. The number of carbonyl (C=O) groups excluding carboxylic acids is 1. The first kappa shape index (κ1) is 18.6. The quantitative estimate of drug-likeness (QED) is 0.747. The zero-order valence-electron chi connectivity index (χ0n) is 13.8. The molecule has 0 fully saturated rings. The lowest BCUT2D eigenvalue weighted by atomic mass is 10.1. The summed E-state index contributed by atoms with van der Waals surface area (Å²) < 4.78 is 25.1. The van der Waals surface area contributed by atoms with Crippen molar-refractivity contribution in [3.05, 3.63) is 29.8 Å². The van der Waals surface area contributed by atoms with Crippen LogP contribution in [0.3, 0.4) is 0 Å². The Hall–Kier alpha value is -1.40. The van der Waals surface area contributed by atoms with Gasteiger partial charge in [0, 0.05) is 25.7 Å². The van der Waals surface area contributed by atoms with E-state index in [2.05, 4.69) is 12.2 Å². The third-order valence-corrected chi connectivity index (χ3v) is 5.34. The van der Waals surface area contributed by atoms with Gasteiger partial charge >= 0.3 is 0 Å². The Bertz CT molecular complexity index is 580. The van der Waals surface area contributed by atoms with Gasteiger partial charge in [-0.25, -0.2) is 12.7 Å². The van der Waals surface area contributed by atoms with Crippen molar-refractivity contribution in [3.8, 4) is 0 Å². The van der Waals surface area contributed by atoms with Gasteiger partial charge < -0.3 is 5.32 Å². The topological polar surface area (TPSA) is 66.5 Å². The molecule has 22 heavy (non-hydrogen) atoms. The van der Waals surface area contributed by atoms with Crippen LogP contribution in [0.5, 0.6) is 0 Å². The molecule has 1 atom stereocenters. The van der Waals surface area contributed by atoms with E-state index < -0.39 is 10.0 Å². The van der Waals surface area contributed by atoms with E-state index >= 15 is 0 Å². The Morgan fingerprint density at radius 1 is 1.18 bits per heavy atom. The molecule has 1 unspecified atom stereocenters. The highest BCUT2D eigenvalue weighted by Gasteiger charge is 2.17. The molecule has 0 saturated carbocycles. The first-order chi connectivity index (χ1) is 10.3. The van der Waals surface area contributed by atoms with Crippen molar-refractivity contribution in [1.82, 2.24) is 9.62 Å².